The fourth-order valence-corrected chi connectivity index (χ4v) is 0. The van der Waals surface area contributed by atoms with E-state index in [0.29, 0.717) is 10.8 Å². The SMILES string of the molecule is CSS(=O)(=O)O. The maximum Gasteiger partial charge on any atom is 0.319 e. The monoisotopic (exact) mass is 128 g/mol. The predicted molar refractivity (Wildman–Crippen MR) is 25.1 cm³/mol. The van der Waals surface area contributed by atoms with E-state index in [0.717, 1.165) is 0 Å². The number of rotatable bonds is 1. The highest BCUT2D eigenvalue weighted by Crippen LogP contribution is 1.99. The molecule has 0 bridgehead atoms. The van der Waals surface area contributed by atoms with Gasteiger partial charge in [-0.2, -0.15) is 8.42 Å². The standard InChI is InChI=1S/CH4O3S2/c1-5-6(2,3)4/h1H3,(H,2,3,4). The Morgan fingerprint density at radius 3 is 1.83 bits per heavy atom. The van der Waals surface area contributed by atoms with Crippen molar-refractivity contribution in [1.29, 1.82) is 0 Å². The summed E-state index contributed by atoms with van der Waals surface area (Å²) in [6, 6.07) is 0. The molecule has 0 fully saturated rings. The van der Waals surface area contributed by atoms with Crippen molar-refractivity contribution in [3.63, 3.8) is 0 Å². The summed E-state index contributed by atoms with van der Waals surface area (Å²) in [5.41, 5.74) is 0. The van der Waals surface area contributed by atoms with Crippen molar-refractivity contribution in [2.75, 3.05) is 6.26 Å². The molecule has 0 heterocycles. The lowest BCUT2D eigenvalue weighted by molar-refractivity contribution is 0.503. The molecule has 0 spiro atoms. The molecule has 0 rings (SSSR count). The first-order valence-electron chi connectivity index (χ1n) is 1.09. The van der Waals surface area contributed by atoms with Gasteiger partial charge in [0, 0.05) is 0 Å². The van der Waals surface area contributed by atoms with Gasteiger partial charge in [0.05, 0.1) is 0 Å². The Morgan fingerprint density at radius 2 is 1.83 bits per heavy atom. The third-order valence-electron chi connectivity index (χ3n) is 0.211. The van der Waals surface area contributed by atoms with Gasteiger partial charge >= 0.3 is 9.15 Å². The van der Waals surface area contributed by atoms with E-state index in [1.165, 1.54) is 6.26 Å². The van der Waals surface area contributed by atoms with Crippen LogP contribution in [0.3, 0.4) is 0 Å². The van der Waals surface area contributed by atoms with Crippen molar-refractivity contribution in [3.8, 4) is 0 Å². The largest absolute Gasteiger partial charge is 0.319 e. The first-order valence-corrected chi connectivity index (χ1v) is 4.27. The second-order valence-corrected chi connectivity index (χ2v) is 4.05. The minimum Gasteiger partial charge on any atom is -0.277 e. The molecule has 38 valence electrons. The van der Waals surface area contributed by atoms with Gasteiger partial charge in [0.25, 0.3) is 0 Å². The minimum atomic E-state index is -3.75. The summed E-state index contributed by atoms with van der Waals surface area (Å²) in [6.45, 7) is 0. The second kappa shape index (κ2) is 1.81. The molecule has 0 radical (unpaired) electrons. The van der Waals surface area contributed by atoms with Crippen LogP contribution in [0.1, 0.15) is 0 Å². The van der Waals surface area contributed by atoms with Gasteiger partial charge in [-0.25, -0.2) is 0 Å². The average molecular weight is 128 g/mol. The normalized spacial score (nSPS) is 11.7. The van der Waals surface area contributed by atoms with E-state index in [1.807, 2.05) is 0 Å². The van der Waals surface area contributed by atoms with Crippen LogP contribution >= 0.6 is 10.8 Å². The lowest BCUT2D eigenvalue weighted by Crippen LogP contribution is -1.84. The van der Waals surface area contributed by atoms with Crippen LogP contribution in [-0.4, -0.2) is 19.2 Å². The number of hydrogen-bond acceptors (Lipinski definition) is 3. The van der Waals surface area contributed by atoms with Crippen LogP contribution in [0.4, 0.5) is 0 Å². The van der Waals surface area contributed by atoms with Gasteiger partial charge in [-0.3, -0.25) is 4.55 Å². The van der Waals surface area contributed by atoms with E-state index < -0.39 is 9.15 Å². The zero-order valence-corrected chi connectivity index (χ0v) is 4.71. The lowest BCUT2D eigenvalue weighted by atomic mass is 12.0. The maximum absolute atomic E-state index is 9.52. The molecule has 0 saturated heterocycles. The summed E-state index contributed by atoms with van der Waals surface area (Å²) in [5, 5.41) is 0. The molecule has 0 aliphatic heterocycles. The van der Waals surface area contributed by atoms with Crippen LogP contribution < -0.4 is 0 Å². The van der Waals surface area contributed by atoms with Crippen LogP contribution in [0, 0.1) is 0 Å². The molecule has 0 aromatic carbocycles. The fourth-order valence-electron chi connectivity index (χ4n) is 0. The van der Waals surface area contributed by atoms with Crippen molar-refractivity contribution in [2.45, 2.75) is 0 Å². The molecule has 3 nitrogen and oxygen atoms in total. The van der Waals surface area contributed by atoms with Gasteiger partial charge < -0.3 is 0 Å². The van der Waals surface area contributed by atoms with Crippen LogP contribution in [0.15, 0.2) is 0 Å². The van der Waals surface area contributed by atoms with E-state index >= 15 is 0 Å². The van der Waals surface area contributed by atoms with Crippen molar-refractivity contribution in [3.05, 3.63) is 0 Å². The summed E-state index contributed by atoms with van der Waals surface area (Å²) in [6.07, 6.45) is 1.29. The fraction of sp³-hybridized carbons (Fsp3) is 1.00. The zero-order chi connectivity index (χ0) is 5.21. The van der Waals surface area contributed by atoms with Crippen LogP contribution in [-0.2, 0) is 9.15 Å². The van der Waals surface area contributed by atoms with Crippen LogP contribution in [0.5, 0.6) is 0 Å². The Morgan fingerprint density at radius 1 is 1.67 bits per heavy atom. The van der Waals surface area contributed by atoms with Crippen molar-refractivity contribution in [2.24, 2.45) is 0 Å². The van der Waals surface area contributed by atoms with Gasteiger partial charge in [0.2, 0.25) is 0 Å². The van der Waals surface area contributed by atoms with Gasteiger partial charge in [-0.1, -0.05) is 0 Å². The number of hydrogen-bond donors (Lipinski definition) is 1. The summed E-state index contributed by atoms with van der Waals surface area (Å²) in [5.74, 6) is 0. The minimum absolute atomic E-state index is 0.410. The quantitative estimate of drug-likeness (QED) is 0.403. The Balaban J connectivity index is 3.85. The molecular weight excluding hydrogens is 124 g/mol. The van der Waals surface area contributed by atoms with Gasteiger partial charge in [0.1, 0.15) is 0 Å². The summed E-state index contributed by atoms with van der Waals surface area (Å²) in [4.78, 5) is 0. The Labute approximate surface area is 39.9 Å². The molecule has 0 aromatic heterocycles. The molecule has 0 aliphatic carbocycles. The van der Waals surface area contributed by atoms with Crippen LogP contribution in [0.25, 0.3) is 0 Å². The Bertz CT molecular complexity index is 111. The van der Waals surface area contributed by atoms with Gasteiger partial charge in [-0.15, -0.1) is 0 Å². The molecule has 1 N–H and O–H groups in total. The molecule has 5 heteroatoms. The average Bonchev–Trinajstić information content (AvgIpc) is 1.35. The van der Waals surface area contributed by atoms with Crippen molar-refractivity contribution < 1.29 is 13.0 Å². The molecule has 0 aliphatic rings. The van der Waals surface area contributed by atoms with E-state index in [9.17, 15) is 8.42 Å². The first kappa shape index (κ1) is 6.26. The highest BCUT2D eigenvalue weighted by atomic mass is 33.1. The highest BCUT2D eigenvalue weighted by Gasteiger charge is 1.94. The molecule has 0 saturated carbocycles. The third-order valence-corrected chi connectivity index (χ3v) is 1.90. The molecular formula is CH4O3S2. The third kappa shape index (κ3) is 4.26. The Kier molecular flexibility index (Phi) is 1.89. The summed E-state index contributed by atoms with van der Waals surface area (Å²) < 4.78 is 26.8. The van der Waals surface area contributed by atoms with Crippen molar-refractivity contribution >= 4 is 19.9 Å². The van der Waals surface area contributed by atoms with Gasteiger partial charge in [-0.05, 0) is 17.0 Å². The smallest absolute Gasteiger partial charge is 0.277 e. The second-order valence-electron chi connectivity index (χ2n) is 0.594. The molecule has 6 heavy (non-hydrogen) atoms. The van der Waals surface area contributed by atoms with Crippen LogP contribution in [0.2, 0.25) is 0 Å². The van der Waals surface area contributed by atoms with E-state index in [2.05, 4.69) is 0 Å². The predicted octanol–water partition coefficient (Wildman–Crippen LogP) is 0.152. The zero-order valence-electron chi connectivity index (χ0n) is 3.08. The van der Waals surface area contributed by atoms with E-state index in [4.69, 9.17) is 4.55 Å². The van der Waals surface area contributed by atoms with E-state index in [1.54, 1.807) is 0 Å². The lowest BCUT2D eigenvalue weighted by Gasteiger charge is -1.79. The Hall–Kier alpha value is 0.260. The molecule has 0 amide bonds. The summed E-state index contributed by atoms with van der Waals surface area (Å²) in [7, 11) is -3.34. The molecule has 0 unspecified atom stereocenters. The topological polar surface area (TPSA) is 54.4 Å². The van der Waals surface area contributed by atoms with E-state index in [-0.39, 0.29) is 0 Å². The summed E-state index contributed by atoms with van der Waals surface area (Å²) >= 11 is 0. The van der Waals surface area contributed by atoms with Crippen molar-refractivity contribution in [1.82, 2.24) is 0 Å². The maximum atomic E-state index is 9.52. The van der Waals surface area contributed by atoms with Gasteiger partial charge in [0.15, 0.2) is 0 Å². The molecule has 0 aromatic rings. The first-order chi connectivity index (χ1) is 2.56. The highest BCUT2D eigenvalue weighted by molar-refractivity contribution is 8.69. The molecule has 0 atom stereocenters.